The van der Waals surface area contributed by atoms with Crippen LogP contribution >= 0.6 is 0 Å². The highest BCUT2D eigenvalue weighted by atomic mass is 16.2. The number of hydrogen-bond donors (Lipinski definition) is 1. The molecule has 1 amide bonds. The summed E-state index contributed by atoms with van der Waals surface area (Å²) in [6, 6.07) is 0.0331. The lowest BCUT2D eigenvalue weighted by Crippen LogP contribution is -2.29. The van der Waals surface area contributed by atoms with Crippen LogP contribution in [0.3, 0.4) is 0 Å². The standard InChI is InChI=1S/C10H16N4O/c11-9-6-10(15)14(7-9)4-1-3-13-5-2-12-8-13/h2,5,8-9H,1,3-4,6-7,11H2. The maximum atomic E-state index is 11.4. The minimum atomic E-state index is 0.0331. The van der Waals surface area contributed by atoms with Gasteiger partial charge >= 0.3 is 0 Å². The zero-order valence-electron chi connectivity index (χ0n) is 8.67. The normalized spacial score (nSPS) is 21.3. The van der Waals surface area contributed by atoms with Crippen molar-refractivity contribution in [3.05, 3.63) is 18.7 Å². The number of nitrogens with two attached hydrogens (primary N) is 1. The van der Waals surface area contributed by atoms with Crippen molar-refractivity contribution in [2.75, 3.05) is 13.1 Å². The molecule has 1 aromatic heterocycles. The third kappa shape index (κ3) is 2.56. The van der Waals surface area contributed by atoms with Gasteiger partial charge in [0.2, 0.25) is 5.91 Å². The van der Waals surface area contributed by atoms with Crippen LogP contribution < -0.4 is 5.73 Å². The minimum Gasteiger partial charge on any atom is -0.341 e. The molecule has 1 saturated heterocycles. The van der Waals surface area contributed by atoms with Gasteiger partial charge < -0.3 is 15.2 Å². The molecule has 0 aromatic carbocycles. The van der Waals surface area contributed by atoms with E-state index in [0.717, 1.165) is 19.5 Å². The summed E-state index contributed by atoms with van der Waals surface area (Å²) < 4.78 is 2.01. The molecule has 1 unspecified atom stereocenters. The maximum Gasteiger partial charge on any atom is 0.224 e. The predicted molar refractivity (Wildman–Crippen MR) is 56.0 cm³/mol. The number of hydrogen-bond acceptors (Lipinski definition) is 3. The Balaban J connectivity index is 1.72. The van der Waals surface area contributed by atoms with Crippen molar-refractivity contribution in [1.82, 2.24) is 14.5 Å². The van der Waals surface area contributed by atoms with Crippen LogP contribution in [0.15, 0.2) is 18.7 Å². The molecule has 15 heavy (non-hydrogen) atoms. The molecule has 5 heteroatoms. The zero-order chi connectivity index (χ0) is 10.7. The molecule has 82 valence electrons. The third-order valence-electron chi connectivity index (χ3n) is 2.65. The average molecular weight is 208 g/mol. The summed E-state index contributed by atoms with van der Waals surface area (Å²) in [6.07, 6.45) is 6.94. The Morgan fingerprint density at radius 1 is 1.53 bits per heavy atom. The van der Waals surface area contributed by atoms with Crippen LogP contribution in [-0.2, 0) is 11.3 Å². The lowest BCUT2D eigenvalue weighted by Gasteiger charge is -2.15. The summed E-state index contributed by atoms with van der Waals surface area (Å²) in [6.45, 7) is 2.41. The van der Waals surface area contributed by atoms with Crippen molar-refractivity contribution in [2.24, 2.45) is 5.73 Å². The molecule has 0 spiro atoms. The van der Waals surface area contributed by atoms with Gasteiger partial charge in [-0.25, -0.2) is 4.98 Å². The van der Waals surface area contributed by atoms with Crippen LogP contribution in [0.2, 0.25) is 0 Å². The van der Waals surface area contributed by atoms with E-state index in [4.69, 9.17) is 5.73 Å². The molecule has 2 rings (SSSR count). The number of imidazole rings is 1. The number of likely N-dealkylation sites (tertiary alicyclic amines) is 1. The van der Waals surface area contributed by atoms with Crippen molar-refractivity contribution in [2.45, 2.75) is 25.4 Å². The van der Waals surface area contributed by atoms with Gasteiger partial charge in [0.15, 0.2) is 0 Å². The molecule has 0 aliphatic carbocycles. The Hall–Kier alpha value is -1.36. The molecule has 0 bridgehead atoms. The maximum absolute atomic E-state index is 11.4. The molecule has 2 heterocycles. The van der Waals surface area contributed by atoms with Gasteiger partial charge in [-0.2, -0.15) is 0 Å². The fourth-order valence-electron chi connectivity index (χ4n) is 1.88. The number of rotatable bonds is 4. The van der Waals surface area contributed by atoms with E-state index >= 15 is 0 Å². The highest BCUT2D eigenvalue weighted by Gasteiger charge is 2.25. The van der Waals surface area contributed by atoms with Crippen LogP contribution in [-0.4, -0.2) is 39.5 Å². The van der Waals surface area contributed by atoms with Crippen LogP contribution in [0, 0.1) is 0 Å². The zero-order valence-corrected chi connectivity index (χ0v) is 8.67. The van der Waals surface area contributed by atoms with E-state index in [1.165, 1.54) is 0 Å². The van der Waals surface area contributed by atoms with Crippen LogP contribution in [0.5, 0.6) is 0 Å². The van der Waals surface area contributed by atoms with E-state index in [9.17, 15) is 4.79 Å². The molecular weight excluding hydrogens is 192 g/mol. The SMILES string of the molecule is NC1CC(=O)N(CCCn2ccnc2)C1. The van der Waals surface area contributed by atoms with Gasteiger partial charge in [-0.3, -0.25) is 4.79 Å². The Labute approximate surface area is 88.9 Å². The lowest BCUT2D eigenvalue weighted by atomic mass is 10.3. The lowest BCUT2D eigenvalue weighted by molar-refractivity contribution is -0.127. The van der Waals surface area contributed by atoms with Crippen LogP contribution in [0.4, 0.5) is 0 Å². The molecule has 1 aromatic rings. The molecule has 5 nitrogen and oxygen atoms in total. The second kappa shape index (κ2) is 4.44. The topological polar surface area (TPSA) is 64.2 Å². The summed E-state index contributed by atoms with van der Waals surface area (Å²) in [7, 11) is 0. The van der Waals surface area contributed by atoms with Gasteiger partial charge in [-0.1, -0.05) is 0 Å². The number of nitrogens with zero attached hydrogens (tertiary/aromatic N) is 3. The Morgan fingerprint density at radius 3 is 3.00 bits per heavy atom. The van der Waals surface area contributed by atoms with E-state index in [1.54, 1.807) is 12.5 Å². The Bertz CT molecular complexity index is 322. The van der Waals surface area contributed by atoms with Crippen molar-refractivity contribution >= 4 is 5.91 Å². The first kappa shape index (κ1) is 10.2. The monoisotopic (exact) mass is 208 g/mol. The molecule has 1 atom stereocenters. The summed E-state index contributed by atoms with van der Waals surface area (Å²) in [5.41, 5.74) is 5.70. The number of carbonyl (C=O) groups is 1. The van der Waals surface area contributed by atoms with E-state index in [1.807, 2.05) is 15.7 Å². The van der Waals surface area contributed by atoms with Crippen molar-refractivity contribution in [3.63, 3.8) is 0 Å². The van der Waals surface area contributed by atoms with Crippen molar-refractivity contribution in [3.8, 4) is 0 Å². The number of aryl methyl sites for hydroxylation is 1. The van der Waals surface area contributed by atoms with E-state index in [-0.39, 0.29) is 11.9 Å². The number of aromatic nitrogens is 2. The molecule has 1 fully saturated rings. The predicted octanol–water partition coefficient (Wildman–Crippen LogP) is -0.167. The van der Waals surface area contributed by atoms with Crippen molar-refractivity contribution < 1.29 is 4.79 Å². The van der Waals surface area contributed by atoms with Gasteiger partial charge in [0.25, 0.3) is 0 Å². The molecule has 1 aliphatic heterocycles. The van der Waals surface area contributed by atoms with Gasteiger partial charge in [0, 0.05) is 44.5 Å². The summed E-state index contributed by atoms with van der Waals surface area (Å²) in [5, 5.41) is 0. The van der Waals surface area contributed by atoms with Gasteiger partial charge in [-0.05, 0) is 6.42 Å². The first-order valence-corrected chi connectivity index (χ1v) is 5.25. The van der Waals surface area contributed by atoms with Gasteiger partial charge in [-0.15, -0.1) is 0 Å². The van der Waals surface area contributed by atoms with Crippen LogP contribution in [0.1, 0.15) is 12.8 Å². The number of carbonyl (C=O) groups excluding carboxylic acids is 1. The molecule has 1 aliphatic rings. The second-order valence-electron chi connectivity index (χ2n) is 3.96. The second-order valence-corrected chi connectivity index (χ2v) is 3.96. The Morgan fingerprint density at radius 2 is 2.40 bits per heavy atom. The summed E-state index contributed by atoms with van der Waals surface area (Å²) >= 11 is 0. The number of amides is 1. The van der Waals surface area contributed by atoms with Gasteiger partial charge in [0.05, 0.1) is 6.33 Å². The first-order chi connectivity index (χ1) is 7.25. The van der Waals surface area contributed by atoms with E-state index in [0.29, 0.717) is 13.0 Å². The smallest absolute Gasteiger partial charge is 0.224 e. The summed E-state index contributed by atoms with van der Waals surface area (Å²) in [5.74, 6) is 0.188. The molecular formula is C10H16N4O. The molecule has 0 saturated carbocycles. The first-order valence-electron chi connectivity index (χ1n) is 5.25. The summed E-state index contributed by atoms with van der Waals surface area (Å²) in [4.78, 5) is 17.2. The van der Waals surface area contributed by atoms with Crippen molar-refractivity contribution in [1.29, 1.82) is 0 Å². The highest BCUT2D eigenvalue weighted by Crippen LogP contribution is 2.09. The molecule has 2 N–H and O–H groups in total. The van der Waals surface area contributed by atoms with E-state index < -0.39 is 0 Å². The minimum absolute atomic E-state index is 0.0331. The Kier molecular flexibility index (Phi) is 3.01. The fraction of sp³-hybridized carbons (Fsp3) is 0.600. The van der Waals surface area contributed by atoms with E-state index in [2.05, 4.69) is 4.98 Å². The van der Waals surface area contributed by atoms with Crippen LogP contribution in [0.25, 0.3) is 0 Å². The average Bonchev–Trinajstić information content (AvgIpc) is 2.77. The highest BCUT2D eigenvalue weighted by molar-refractivity contribution is 5.79. The van der Waals surface area contributed by atoms with Gasteiger partial charge in [0.1, 0.15) is 0 Å². The molecule has 0 radical (unpaired) electrons. The quantitative estimate of drug-likeness (QED) is 0.747. The third-order valence-corrected chi connectivity index (χ3v) is 2.65. The fourth-order valence-corrected chi connectivity index (χ4v) is 1.88. The largest absolute Gasteiger partial charge is 0.341 e.